The quantitative estimate of drug-likeness (QED) is 0.461. The molecule has 1 N–H and O–H groups in total. The summed E-state index contributed by atoms with van der Waals surface area (Å²) in [5.41, 5.74) is 0.421. The van der Waals surface area contributed by atoms with Crippen LogP contribution in [-0.2, 0) is 16.0 Å². The highest BCUT2D eigenvalue weighted by molar-refractivity contribution is 14.1. The lowest BCUT2D eigenvalue weighted by atomic mass is 9.93. The van der Waals surface area contributed by atoms with Crippen LogP contribution in [0.25, 0.3) is 10.8 Å². The van der Waals surface area contributed by atoms with E-state index in [1.54, 1.807) is 43.3 Å². The molecular formula is C19H16FIN2O3. The maximum Gasteiger partial charge on any atom is 0.315 e. The number of ether oxygens (including phenoxy) is 1. The van der Waals surface area contributed by atoms with Gasteiger partial charge in [0.2, 0.25) is 0 Å². The summed E-state index contributed by atoms with van der Waals surface area (Å²) in [5.74, 6) is -1.72. The number of aromatic amines is 1. The molecule has 3 aromatic rings. The van der Waals surface area contributed by atoms with E-state index < -0.39 is 11.9 Å². The third-order valence-electron chi connectivity index (χ3n) is 4.07. The number of H-pyrrole nitrogens is 1. The van der Waals surface area contributed by atoms with Gasteiger partial charge >= 0.3 is 5.97 Å². The largest absolute Gasteiger partial charge is 0.465 e. The molecule has 0 aliphatic rings. The van der Waals surface area contributed by atoms with E-state index in [0.717, 1.165) is 3.57 Å². The maximum atomic E-state index is 14.3. The first-order chi connectivity index (χ1) is 12.5. The van der Waals surface area contributed by atoms with Crippen molar-refractivity contribution >= 4 is 39.3 Å². The predicted molar refractivity (Wildman–Crippen MR) is 105 cm³/mol. The van der Waals surface area contributed by atoms with Crippen molar-refractivity contribution in [3.63, 3.8) is 0 Å². The van der Waals surface area contributed by atoms with Gasteiger partial charge < -0.3 is 4.74 Å². The van der Waals surface area contributed by atoms with Crippen LogP contribution in [0.4, 0.5) is 4.39 Å². The summed E-state index contributed by atoms with van der Waals surface area (Å²) >= 11 is 2.03. The van der Waals surface area contributed by atoms with Crippen molar-refractivity contribution in [3.8, 4) is 0 Å². The average Bonchev–Trinajstić information content (AvgIpc) is 2.62. The van der Waals surface area contributed by atoms with Crippen LogP contribution in [0.15, 0.2) is 47.3 Å². The molecule has 26 heavy (non-hydrogen) atoms. The van der Waals surface area contributed by atoms with Gasteiger partial charge in [0.25, 0.3) is 5.56 Å². The molecule has 0 aliphatic carbocycles. The minimum Gasteiger partial charge on any atom is -0.465 e. The molecule has 5 nitrogen and oxygen atoms in total. The van der Waals surface area contributed by atoms with Crippen molar-refractivity contribution < 1.29 is 13.9 Å². The Morgan fingerprint density at radius 1 is 1.27 bits per heavy atom. The van der Waals surface area contributed by atoms with Crippen LogP contribution in [-0.4, -0.2) is 22.8 Å². The number of nitrogens with one attached hydrogen (secondary N) is 1. The number of rotatable bonds is 5. The predicted octanol–water partition coefficient (Wildman–Crippen LogP) is 3.56. The molecule has 3 rings (SSSR count). The molecular weight excluding hydrogens is 450 g/mol. The first-order valence-corrected chi connectivity index (χ1v) is 9.17. The number of carbonyl (C=O) groups is 1. The lowest BCUT2D eigenvalue weighted by Crippen LogP contribution is -2.23. The van der Waals surface area contributed by atoms with E-state index >= 15 is 0 Å². The molecule has 0 bridgehead atoms. The average molecular weight is 466 g/mol. The number of hydrogen-bond donors (Lipinski definition) is 1. The third-order valence-corrected chi connectivity index (χ3v) is 4.74. The Bertz CT molecular complexity index is 1020. The number of benzene rings is 2. The minimum absolute atomic E-state index is 0.0879. The number of hydrogen-bond acceptors (Lipinski definition) is 4. The van der Waals surface area contributed by atoms with E-state index in [0.29, 0.717) is 22.0 Å². The van der Waals surface area contributed by atoms with Crippen molar-refractivity contribution in [3.05, 3.63) is 73.5 Å². The molecule has 0 fully saturated rings. The Labute approximate surface area is 162 Å². The number of halogens is 2. The summed E-state index contributed by atoms with van der Waals surface area (Å²) in [6.07, 6.45) is 0.0879. The Kier molecular flexibility index (Phi) is 5.65. The van der Waals surface area contributed by atoms with Gasteiger partial charge in [-0.3, -0.25) is 9.59 Å². The molecule has 1 aromatic heterocycles. The molecule has 0 aliphatic heterocycles. The maximum absolute atomic E-state index is 14.3. The fraction of sp³-hybridized carbons (Fsp3) is 0.211. The van der Waals surface area contributed by atoms with E-state index in [1.165, 1.54) is 6.07 Å². The van der Waals surface area contributed by atoms with E-state index in [9.17, 15) is 14.0 Å². The van der Waals surface area contributed by atoms with Crippen LogP contribution in [0.1, 0.15) is 24.1 Å². The van der Waals surface area contributed by atoms with E-state index in [2.05, 4.69) is 10.2 Å². The highest BCUT2D eigenvalue weighted by atomic mass is 127. The Hall–Kier alpha value is -2.29. The molecule has 1 atom stereocenters. The van der Waals surface area contributed by atoms with Crippen LogP contribution in [0.5, 0.6) is 0 Å². The molecule has 0 amide bonds. The van der Waals surface area contributed by atoms with Crippen molar-refractivity contribution in [2.75, 3.05) is 6.61 Å². The summed E-state index contributed by atoms with van der Waals surface area (Å²) in [4.78, 5) is 24.6. The number of nitrogens with zero attached hydrogens (tertiary/aromatic N) is 1. The number of carbonyl (C=O) groups excluding carboxylic acids is 1. The van der Waals surface area contributed by atoms with Gasteiger partial charge in [-0.1, -0.05) is 24.3 Å². The van der Waals surface area contributed by atoms with Crippen molar-refractivity contribution in [2.45, 2.75) is 19.3 Å². The minimum atomic E-state index is -0.828. The van der Waals surface area contributed by atoms with Crippen LogP contribution in [0.2, 0.25) is 0 Å². The van der Waals surface area contributed by atoms with E-state index in [1.807, 2.05) is 22.6 Å². The molecule has 134 valence electrons. The molecule has 0 spiro atoms. The van der Waals surface area contributed by atoms with Gasteiger partial charge in [-0.25, -0.2) is 9.49 Å². The van der Waals surface area contributed by atoms with Crippen LogP contribution in [0.3, 0.4) is 0 Å². The molecule has 7 heteroatoms. The van der Waals surface area contributed by atoms with Gasteiger partial charge in [0, 0.05) is 8.96 Å². The summed E-state index contributed by atoms with van der Waals surface area (Å²) in [7, 11) is 0. The normalized spacial score (nSPS) is 12.1. The zero-order valence-corrected chi connectivity index (χ0v) is 16.1. The zero-order valence-electron chi connectivity index (χ0n) is 14.0. The van der Waals surface area contributed by atoms with Gasteiger partial charge in [0.1, 0.15) is 11.7 Å². The Balaban J connectivity index is 2.12. The zero-order chi connectivity index (χ0) is 18.7. The summed E-state index contributed by atoms with van der Waals surface area (Å²) < 4.78 is 20.3. The SMILES string of the molecule is CCOC(=O)C(Cc1ccc(I)cc1F)c1n[nH]c(=O)c2ccccc12. The van der Waals surface area contributed by atoms with Crippen LogP contribution >= 0.6 is 22.6 Å². The first kappa shape index (κ1) is 18.5. The lowest BCUT2D eigenvalue weighted by molar-refractivity contribution is -0.145. The number of esters is 1. The van der Waals surface area contributed by atoms with E-state index in [4.69, 9.17) is 4.74 Å². The van der Waals surface area contributed by atoms with Crippen LogP contribution < -0.4 is 5.56 Å². The topological polar surface area (TPSA) is 72.0 Å². The molecule has 1 unspecified atom stereocenters. The molecule has 2 aromatic carbocycles. The fourth-order valence-corrected chi connectivity index (χ4v) is 3.30. The van der Waals surface area contributed by atoms with Crippen molar-refractivity contribution in [1.82, 2.24) is 10.2 Å². The second-order valence-electron chi connectivity index (χ2n) is 5.73. The molecule has 1 heterocycles. The lowest BCUT2D eigenvalue weighted by Gasteiger charge is -2.17. The standard InChI is InChI=1S/C19H16FIN2O3/c1-2-26-19(25)15(9-11-7-8-12(21)10-16(11)20)17-13-5-3-4-6-14(13)18(24)23-22-17/h3-8,10,15H,2,9H2,1H3,(H,23,24). The van der Waals surface area contributed by atoms with Gasteiger partial charge in [-0.15, -0.1) is 0 Å². The molecule has 0 saturated heterocycles. The number of fused-ring (bicyclic) bond motifs is 1. The second kappa shape index (κ2) is 7.94. The first-order valence-electron chi connectivity index (χ1n) is 8.09. The Morgan fingerprint density at radius 3 is 2.69 bits per heavy atom. The Morgan fingerprint density at radius 2 is 2.00 bits per heavy atom. The van der Waals surface area contributed by atoms with E-state index in [-0.39, 0.29) is 24.4 Å². The molecule has 0 radical (unpaired) electrons. The van der Waals surface area contributed by atoms with Crippen molar-refractivity contribution in [2.24, 2.45) is 0 Å². The van der Waals surface area contributed by atoms with Gasteiger partial charge in [0.05, 0.1) is 17.7 Å². The highest BCUT2D eigenvalue weighted by Crippen LogP contribution is 2.27. The smallest absolute Gasteiger partial charge is 0.315 e. The second-order valence-corrected chi connectivity index (χ2v) is 6.97. The summed E-state index contributed by atoms with van der Waals surface area (Å²) in [6.45, 7) is 1.91. The summed E-state index contributed by atoms with van der Waals surface area (Å²) in [6, 6.07) is 11.7. The monoisotopic (exact) mass is 466 g/mol. The molecule has 0 saturated carbocycles. The van der Waals surface area contributed by atoms with Gasteiger partial charge in [-0.05, 0) is 59.7 Å². The highest BCUT2D eigenvalue weighted by Gasteiger charge is 2.27. The third kappa shape index (κ3) is 3.77. The van der Waals surface area contributed by atoms with Crippen LogP contribution in [0, 0.1) is 9.39 Å². The summed E-state index contributed by atoms with van der Waals surface area (Å²) in [5, 5.41) is 7.49. The number of aromatic nitrogens is 2. The van der Waals surface area contributed by atoms with Gasteiger partial charge in [0.15, 0.2) is 0 Å². The fourth-order valence-electron chi connectivity index (χ4n) is 2.84. The van der Waals surface area contributed by atoms with Gasteiger partial charge in [-0.2, -0.15) is 5.10 Å². The van der Waals surface area contributed by atoms with Crippen molar-refractivity contribution in [1.29, 1.82) is 0 Å².